The Bertz CT molecular complexity index is 144. The molecule has 0 spiro atoms. The molecule has 0 bridgehead atoms. The lowest BCUT2D eigenvalue weighted by Gasteiger charge is -2.19. The van der Waals surface area contributed by atoms with E-state index < -0.39 is 0 Å². The van der Waals surface area contributed by atoms with Crippen LogP contribution in [0.3, 0.4) is 0 Å². The van der Waals surface area contributed by atoms with Crippen molar-refractivity contribution < 1.29 is 0 Å². The molecule has 2 fully saturated rings. The summed E-state index contributed by atoms with van der Waals surface area (Å²) < 4.78 is 0. The van der Waals surface area contributed by atoms with Gasteiger partial charge in [0.25, 0.3) is 0 Å². The standard InChI is InChI=1S/C12H24N2/c1-2-8-12(13-9-5-1)10-14-11-6-3-4-7-11/h11-14H,1-10H2. The second-order valence-electron chi connectivity index (χ2n) is 4.89. The molecular weight excluding hydrogens is 172 g/mol. The number of hydrogen-bond donors (Lipinski definition) is 2. The summed E-state index contributed by atoms with van der Waals surface area (Å²) in [6.07, 6.45) is 11.3. The molecule has 2 N–H and O–H groups in total. The third-order valence-corrected chi connectivity index (χ3v) is 3.67. The molecule has 14 heavy (non-hydrogen) atoms. The molecule has 0 aromatic rings. The van der Waals surface area contributed by atoms with Gasteiger partial charge in [0.15, 0.2) is 0 Å². The molecule has 2 rings (SSSR count). The maximum Gasteiger partial charge on any atom is 0.0192 e. The van der Waals surface area contributed by atoms with E-state index in [0.717, 1.165) is 12.1 Å². The van der Waals surface area contributed by atoms with Crippen LogP contribution in [0.2, 0.25) is 0 Å². The molecular formula is C12H24N2. The first kappa shape index (κ1) is 10.4. The fourth-order valence-electron chi connectivity index (χ4n) is 2.71. The van der Waals surface area contributed by atoms with E-state index in [2.05, 4.69) is 10.6 Å². The molecule has 0 radical (unpaired) electrons. The molecule has 0 aromatic carbocycles. The highest BCUT2D eigenvalue weighted by atomic mass is 15.0. The molecule has 0 amide bonds. The molecule has 82 valence electrons. The van der Waals surface area contributed by atoms with Gasteiger partial charge in [-0.1, -0.05) is 25.7 Å². The molecule has 2 aliphatic rings. The topological polar surface area (TPSA) is 24.1 Å². The van der Waals surface area contributed by atoms with E-state index >= 15 is 0 Å². The van der Waals surface area contributed by atoms with E-state index in [9.17, 15) is 0 Å². The van der Waals surface area contributed by atoms with E-state index in [0.29, 0.717) is 0 Å². The van der Waals surface area contributed by atoms with Crippen molar-refractivity contribution in [1.82, 2.24) is 10.6 Å². The number of nitrogens with one attached hydrogen (secondary N) is 2. The normalized spacial score (nSPS) is 30.4. The van der Waals surface area contributed by atoms with Gasteiger partial charge < -0.3 is 10.6 Å². The quantitative estimate of drug-likeness (QED) is 0.722. The maximum absolute atomic E-state index is 3.72. The molecule has 1 aliphatic carbocycles. The van der Waals surface area contributed by atoms with Crippen molar-refractivity contribution in [3.8, 4) is 0 Å². The van der Waals surface area contributed by atoms with Gasteiger partial charge in [-0.05, 0) is 32.2 Å². The van der Waals surface area contributed by atoms with Gasteiger partial charge in [-0.2, -0.15) is 0 Å². The fourth-order valence-corrected chi connectivity index (χ4v) is 2.71. The van der Waals surface area contributed by atoms with Crippen molar-refractivity contribution >= 4 is 0 Å². The largest absolute Gasteiger partial charge is 0.313 e. The molecule has 1 saturated carbocycles. The van der Waals surface area contributed by atoms with Gasteiger partial charge >= 0.3 is 0 Å². The van der Waals surface area contributed by atoms with E-state index in [-0.39, 0.29) is 0 Å². The molecule has 2 heteroatoms. The third kappa shape index (κ3) is 3.25. The summed E-state index contributed by atoms with van der Waals surface area (Å²) in [5, 5.41) is 7.36. The van der Waals surface area contributed by atoms with Gasteiger partial charge in [-0.3, -0.25) is 0 Å². The SMILES string of the molecule is C1CCNC(CNC2CCCC2)CC1. The van der Waals surface area contributed by atoms with Gasteiger partial charge in [0.2, 0.25) is 0 Å². The Hall–Kier alpha value is -0.0800. The van der Waals surface area contributed by atoms with Crippen LogP contribution in [0.25, 0.3) is 0 Å². The Morgan fingerprint density at radius 1 is 0.929 bits per heavy atom. The first-order valence-electron chi connectivity index (χ1n) is 6.42. The van der Waals surface area contributed by atoms with E-state index in [1.807, 2.05) is 0 Å². The van der Waals surface area contributed by atoms with E-state index in [1.165, 1.54) is 64.5 Å². The predicted molar refractivity (Wildman–Crippen MR) is 60.5 cm³/mol. The average molecular weight is 196 g/mol. The summed E-state index contributed by atoms with van der Waals surface area (Å²) in [6.45, 7) is 2.43. The van der Waals surface area contributed by atoms with Crippen LogP contribution in [0.1, 0.15) is 51.4 Å². The molecule has 1 unspecified atom stereocenters. The van der Waals surface area contributed by atoms with Crippen molar-refractivity contribution in [2.24, 2.45) is 0 Å². The maximum atomic E-state index is 3.72. The van der Waals surface area contributed by atoms with E-state index in [1.54, 1.807) is 0 Å². The Balaban J connectivity index is 1.62. The van der Waals surface area contributed by atoms with Crippen molar-refractivity contribution in [1.29, 1.82) is 0 Å². The van der Waals surface area contributed by atoms with Crippen molar-refractivity contribution in [2.45, 2.75) is 63.5 Å². The van der Waals surface area contributed by atoms with Crippen LogP contribution in [-0.4, -0.2) is 25.2 Å². The van der Waals surface area contributed by atoms with Crippen LogP contribution >= 0.6 is 0 Å². The third-order valence-electron chi connectivity index (χ3n) is 3.67. The van der Waals surface area contributed by atoms with Gasteiger partial charge in [0, 0.05) is 18.6 Å². The van der Waals surface area contributed by atoms with Gasteiger partial charge in [0.05, 0.1) is 0 Å². The molecule has 1 saturated heterocycles. The minimum absolute atomic E-state index is 0.748. The van der Waals surface area contributed by atoms with Gasteiger partial charge in [0.1, 0.15) is 0 Å². The highest BCUT2D eigenvalue weighted by molar-refractivity contribution is 4.78. The first-order valence-corrected chi connectivity index (χ1v) is 6.42. The minimum Gasteiger partial charge on any atom is -0.313 e. The zero-order valence-electron chi connectivity index (χ0n) is 9.23. The molecule has 1 aliphatic heterocycles. The Morgan fingerprint density at radius 2 is 1.71 bits per heavy atom. The van der Waals surface area contributed by atoms with E-state index in [4.69, 9.17) is 0 Å². The summed E-state index contributed by atoms with van der Waals surface area (Å²) in [4.78, 5) is 0. The van der Waals surface area contributed by atoms with Crippen LogP contribution in [0.5, 0.6) is 0 Å². The summed E-state index contributed by atoms with van der Waals surface area (Å²) in [5.41, 5.74) is 0. The summed E-state index contributed by atoms with van der Waals surface area (Å²) in [6, 6.07) is 1.58. The second-order valence-corrected chi connectivity index (χ2v) is 4.89. The molecule has 0 aromatic heterocycles. The highest BCUT2D eigenvalue weighted by Crippen LogP contribution is 2.17. The smallest absolute Gasteiger partial charge is 0.0192 e. The predicted octanol–water partition coefficient (Wildman–Crippen LogP) is 2.05. The lowest BCUT2D eigenvalue weighted by molar-refractivity contribution is 0.428. The summed E-state index contributed by atoms with van der Waals surface area (Å²) in [5.74, 6) is 0. The van der Waals surface area contributed by atoms with Crippen LogP contribution < -0.4 is 10.6 Å². The second kappa shape index (κ2) is 5.72. The summed E-state index contributed by atoms with van der Waals surface area (Å²) >= 11 is 0. The lowest BCUT2D eigenvalue weighted by atomic mass is 10.1. The minimum atomic E-state index is 0.748. The zero-order valence-corrected chi connectivity index (χ0v) is 9.23. The monoisotopic (exact) mass is 196 g/mol. The first-order chi connectivity index (χ1) is 6.95. The van der Waals surface area contributed by atoms with Crippen LogP contribution in [-0.2, 0) is 0 Å². The van der Waals surface area contributed by atoms with Crippen molar-refractivity contribution in [2.75, 3.05) is 13.1 Å². The fraction of sp³-hybridized carbons (Fsp3) is 1.00. The van der Waals surface area contributed by atoms with Gasteiger partial charge in [-0.15, -0.1) is 0 Å². The molecule has 1 heterocycles. The Morgan fingerprint density at radius 3 is 2.57 bits per heavy atom. The number of rotatable bonds is 3. The molecule has 2 nitrogen and oxygen atoms in total. The van der Waals surface area contributed by atoms with Crippen LogP contribution in [0, 0.1) is 0 Å². The average Bonchev–Trinajstić information content (AvgIpc) is 2.58. The zero-order chi connectivity index (χ0) is 9.64. The Labute approximate surface area is 87.8 Å². The summed E-state index contributed by atoms with van der Waals surface area (Å²) in [7, 11) is 0. The van der Waals surface area contributed by atoms with Crippen LogP contribution in [0.15, 0.2) is 0 Å². The highest BCUT2D eigenvalue weighted by Gasteiger charge is 2.16. The Kier molecular flexibility index (Phi) is 4.26. The molecule has 1 atom stereocenters. The van der Waals surface area contributed by atoms with Gasteiger partial charge in [-0.25, -0.2) is 0 Å². The lowest BCUT2D eigenvalue weighted by Crippen LogP contribution is -2.41. The van der Waals surface area contributed by atoms with Crippen molar-refractivity contribution in [3.63, 3.8) is 0 Å². The number of hydrogen-bond acceptors (Lipinski definition) is 2. The van der Waals surface area contributed by atoms with Crippen LogP contribution in [0.4, 0.5) is 0 Å². The van der Waals surface area contributed by atoms with Crippen molar-refractivity contribution in [3.05, 3.63) is 0 Å².